The number of fused-ring (bicyclic) bond motifs is 3. The Kier molecular flexibility index (Phi) is 18.2. The van der Waals surface area contributed by atoms with Crippen LogP contribution in [0, 0.1) is 0 Å². The number of hydrogen-bond acceptors (Lipinski definition) is 17. The molecule has 0 spiro atoms. The molecule has 5 atom stereocenters. The monoisotopic (exact) mass is 1120 g/mol. The molecule has 0 unspecified atom stereocenters. The summed E-state index contributed by atoms with van der Waals surface area (Å²) in [6.07, 6.45) is -6.41. The summed E-state index contributed by atoms with van der Waals surface area (Å²) in [5.74, 6) is -1.36. The van der Waals surface area contributed by atoms with Crippen LogP contribution in [0.5, 0.6) is 5.75 Å². The van der Waals surface area contributed by atoms with E-state index < -0.39 is 54.6 Å². The summed E-state index contributed by atoms with van der Waals surface area (Å²) >= 11 is 0. The summed E-state index contributed by atoms with van der Waals surface area (Å²) in [7, 11) is 4.35. The van der Waals surface area contributed by atoms with E-state index in [2.05, 4.69) is 153 Å². The van der Waals surface area contributed by atoms with Crippen LogP contribution < -0.4 is 14.5 Å². The van der Waals surface area contributed by atoms with Crippen LogP contribution in [-0.2, 0) is 58.9 Å². The van der Waals surface area contributed by atoms with Gasteiger partial charge in [0.15, 0.2) is 24.6 Å². The molecule has 0 radical (unpaired) electrons. The van der Waals surface area contributed by atoms with E-state index in [4.69, 9.17) is 42.9 Å². The molecule has 3 aliphatic rings. The summed E-state index contributed by atoms with van der Waals surface area (Å²) in [4.78, 5) is 63.8. The van der Waals surface area contributed by atoms with Gasteiger partial charge in [-0.05, 0) is 93.8 Å². The van der Waals surface area contributed by atoms with Crippen LogP contribution in [0.4, 0.5) is 11.4 Å². The average Bonchev–Trinajstić information content (AvgIpc) is 4.26. The van der Waals surface area contributed by atoms with Crippen LogP contribution in [0.2, 0.25) is 0 Å². The molecule has 5 heterocycles. The lowest BCUT2D eigenvalue weighted by Crippen LogP contribution is -2.63. The number of anilines is 2. The van der Waals surface area contributed by atoms with Gasteiger partial charge in [0, 0.05) is 142 Å². The maximum atomic E-state index is 12.3. The van der Waals surface area contributed by atoms with Crippen LogP contribution in [-0.4, -0.2) is 178 Å². The van der Waals surface area contributed by atoms with Crippen molar-refractivity contribution in [3.63, 3.8) is 0 Å². The predicted molar refractivity (Wildman–Crippen MR) is 312 cm³/mol. The number of hydrogen-bond donors (Lipinski definition) is 0. The number of piperazine rings is 2. The zero-order valence-electron chi connectivity index (χ0n) is 47.8. The fourth-order valence-electron chi connectivity index (χ4n) is 11.2. The molecular formula is C63H73N7O12. The minimum absolute atomic E-state index is 0.0490. The lowest BCUT2D eigenvalue weighted by molar-refractivity contribution is -0.309. The second-order valence-electron chi connectivity index (χ2n) is 21.0. The second kappa shape index (κ2) is 26.0. The number of aryl methyl sites for hydroxylation is 1. The van der Waals surface area contributed by atoms with E-state index in [1.54, 1.807) is 0 Å². The molecule has 82 heavy (non-hydrogen) atoms. The quantitative estimate of drug-likeness (QED) is 0.0407. The zero-order chi connectivity index (χ0) is 57.4. The molecule has 0 aliphatic carbocycles. The topological polar surface area (TPSA) is 178 Å². The fourth-order valence-corrected chi connectivity index (χ4v) is 11.2. The van der Waals surface area contributed by atoms with Gasteiger partial charge in [0.2, 0.25) is 0 Å². The maximum Gasteiger partial charge on any atom is 0.303 e. The van der Waals surface area contributed by atoms with E-state index in [1.807, 2.05) is 12.1 Å². The summed E-state index contributed by atoms with van der Waals surface area (Å²) in [6.45, 7) is 15.7. The normalized spacial score (nSPS) is 19.8. The van der Waals surface area contributed by atoms with Gasteiger partial charge < -0.3 is 62.1 Å². The van der Waals surface area contributed by atoms with E-state index in [-0.39, 0.29) is 33.0 Å². The van der Waals surface area contributed by atoms with Crippen molar-refractivity contribution in [2.24, 2.45) is 0 Å². The minimum Gasteiger partial charge on any atom is -0.491 e. The number of aromatic nitrogens is 3. The number of esters is 4. The first-order valence-electron chi connectivity index (χ1n) is 28.2. The molecule has 19 nitrogen and oxygen atoms in total. The number of benzene rings is 5. The van der Waals surface area contributed by atoms with Gasteiger partial charge in [-0.1, -0.05) is 42.5 Å². The van der Waals surface area contributed by atoms with E-state index in [0.717, 1.165) is 112 Å². The number of ether oxygens (including phenoxy) is 8. The molecule has 0 amide bonds. The Morgan fingerprint density at radius 2 is 1.11 bits per heavy atom. The van der Waals surface area contributed by atoms with Crippen LogP contribution in [0.25, 0.3) is 61.4 Å². The van der Waals surface area contributed by atoms with Crippen molar-refractivity contribution in [3.05, 3.63) is 115 Å². The van der Waals surface area contributed by atoms with E-state index in [9.17, 15) is 19.2 Å². The molecule has 7 aromatic rings. The number of para-hydroxylation sites is 1. The summed E-state index contributed by atoms with van der Waals surface area (Å²) in [6, 6.07) is 41.2. The van der Waals surface area contributed by atoms with Crippen molar-refractivity contribution in [2.45, 2.75) is 71.9 Å². The highest BCUT2D eigenvalue weighted by Gasteiger charge is 2.53. The fraction of sp³-hybridized carbons (Fsp3) is 0.413. The van der Waals surface area contributed by atoms with Gasteiger partial charge in [0.1, 0.15) is 30.9 Å². The Morgan fingerprint density at radius 1 is 0.561 bits per heavy atom. The van der Waals surface area contributed by atoms with Crippen molar-refractivity contribution in [3.8, 4) is 45.3 Å². The Hall–Kier alpha value is -7.81. The van der Waals surface area contributed by atoms with E-state index in [0.29, 0.717) is 5.75 Å². The van der Waals surface area contributed by atoms with Crippen LogP contribution in [0.3, 0.4) is 0 Å². The number of carbonyl (C=O) groups excluding carboxylic acids is 4. The molecule has 3 saturated heterocycles. The molecule has 432 valence electrons. The first-order valence-corrected chi connectivity index (χ1v) is 28.2. The molecule has 19 heteroatoms. The van der Waals surface area contributed by atoms with Gasteiger partial charge in [0.05, 0.1) is 31.2 Å². The highest BCUT2D eigenvalue weighted by molar-refractivity contribution is 6.09. The number of imidazole rings is 1. The van der Waals surface area contributed by atoms with Gasteiger partial charge in [-0.2, -0.15) is 0 Å². The van der Waals surface area contributed by atoms with Gasteiger partial charge in [-0.25, -0.2) is 4.98 Å². The summed E-state index contributed by atoms with van der Waals surface area (Å²) in [5, 5.41) is 2.36. The van der Waals surface area contributed by atoms with Crippen LogP contribution in [0.15, 0.2) is 115 Å². The first kappa shape index (κ1) is 57.4. The standard InChI is InChI=1S/C63H73N7O12/c1-8-69-54-12-10-9-11-52(54)53-39-47(17-26-55(53)69)62-64-57(45-13-18-48(19-14-45)67-31-27-65(6)28-32-67)58(46-15-20-49(21-16-46)68-33-29-66(7)30-34-68)70(62)50-22-24-51(25-23-50)76-37-35-75-36-38-77-63-61(81-44(5)74)60(80-43(4)73)59(79-42(3)72)56(82-63)40-78-41(2)71/h9-26,39,56,59-61,63H,8,27-38,40H2,1-7H3/t56-,59+,60+,61-,63-/m1/s1. The summed E-state index contributed by atoms with van der Waals surface area (Å²) in [5.41, 5.74) is 10.5. The number of carbonyl (C=O) groups is 4. The maximum absolute atomic E-state index is 12.3. The lowest BCUT2D eigenvalue weighted by atomic mass is 9.98. The molecule has 10 rings (SSSR count). The Morgan fingerprint density at radius 3 is 1.72 bits per heavy atom. The third-order valence-electron chi connectivity index (χ3n) is 15.3. The molecular weight excluding hydrogens is 1050 g/mol. The molecule has 5 aromatic carbocycles. The van der Waals surface area contributed by atoms with Gasteiger partial charge in [0.25, 0.3) is 0 Å². The Bertz CT molecular complexity index is 3350. The van der Waals surface area contributed by atoms with Crippen molar-refractivity contribution in [1.82, 2.24) is 23.9 Å². The third-order valence-corrected chi connectivity index (χ3v) is 15.3. The van der Waals surface area contributed by atoms with Crippen molar-refractivity contribution in [1.29, 1.82) is 0 Å². The number of rotatable bonds is 20. The summed E-state index contributed by atoms with van der Waals surface area (Å²) < 4.78 is 50.5. The molecule has 2 aromatic heterocycles. The number of likely N-dealkylation sites (N-methyl/N-ethyl adjacent to an activating group) is 2. The molecule has 3 fully saturated rings. The van der Waals surface area contributed by atoms with Crippen molar-refractivity contribution in [2.75, 3.05) is 109 Å². The van der Waals surface area contributed by atoms with Crippen molar-refractivity contribution < 1.29 is 57.1 Å². The molecule has 0 bridgehead atoms. The predicted octanol–water partition coefficient (Wildman–Crippen LogP) is 8.00. The smallest absolute Gasteiger partial charge is 0.303 e. The molecule has 3 aliphatic heterocycles. The highest BCUT2D eigenvalue weighted by atomic mass is 16.7. The van der Waals surface area contributed by atoms with E-state index in [1.165, 1.54) is 47.0 Å². The number of nitrogens with zero attached hydrogens (tertiary/aromatic N) is 7. The second-order valence-corrected chi connectivity index (χ2v) is 21.0. The zero-order valence-corrected chi connectivity index (χ0v) is 47.8. The molecule has 0 saturated carbocycles. The van der Waals surface area contributed by atoms with Crippen LogP contribution in [0.1, 0.15) is 34.6 Å². The Labute approximate surface area is 478 Å². The van der Waals surface area contributed by atoms with Crippen molar-refractivity contribution >= 4 is 57.1 Å². The van der Waals surface area contributed by atoms with Gasteiger partial charge in [-0.3, -0.25) is 23.7 Å². The minimum atomic E-state index is -1.34. The SMILES string of the molecule is CCn1c2ccccc2c2cc(-c3nc(-c4ccc(N5CCN(C)CC5)cc4)c(-c4ccc(N5CCN(C)CC5)cc4)n3-c3ccc(OCCOCCO[C@@H]4O[C@H](COC(C)=O)[C@H](OC(C)=O)[C@H](OC(C)=O)[C@H]4OC(C)=O)cc3)ccc21. The lowest BCUT2D eigenvalue weighted by Gasteiger charge is -2.44. The first-order chi connectivity index (χ1) is 39.7. The largest absolute Gasteiger partial charge is 0.491 e. The van der Waals surface area contributed by atoms with Gasteiger partial charge >= 0.3 is 23.9 Å². The molecule has 0 N–H and O–H groups in total. The highest BCUT2D eigenvalue weighted by Crippen LogP contribution is 2.42. The van der Waals surface area contributed by atoms with Gasteiger partial charge in [-0.15, -0.1) is 0 Å². The third kappa shape index (κ3) is 13.1. The van der Waals surface area contributed by atoms with E-state index >= 15 is 0 Å². The Balaban J connectivity index is 0.916. The average molecular weight is 1120 g/mol. The van der Waals surface area contributed by atoms with Crippen LogP contribution >= 0.6 is 0 Å².